The molecule has 0 saturated carbocycles. The van der Waals surface area contributed by atoms with E-state index in [1.54, 1.807) is 0 Å². The van der Waals surface area contributed by atoms with Gasteiger partial charge in [0.25, 0.3) is 5.91 Å². The van der Waals surface area contributed by atoms with Crippen molar-refractivity contribution in [3.8, 4) is 22.8 Å². The van der Waals surface area contributed by atoms with Crippen molar-refractivity contribution >= 4 is 16.8 Å². The highest BCUT2D eigenvalue weighted by Crippen LogP contribution is 2.36. The number of nitrogens with zero attached hydrogens (tertiary/aromatic N) is 3. The van der Waals surface area contributed by atoms with Crippen molar-refractivity contribution in [2.45, 2.75) is 0 Å². The fraction of sp³-hybridized carbons (Fsp3) is 0.273. The van der Waals surface area contributed by atoms with Crippen LogP contribution >= 0.6 is 0 Å². The van der Waals surface area contributed by atoms with Crippen molar-refractivity contribution in [1.29, 1.82) is 0 Å². The number of carbonyl (C=O) groups excluding carboxylic acids is 1. The topological polar surface area (TPSA) is 54.9 Å². The zero-order valence-electron chi connectivity index (χ0n) is 15.7. The molecule has 1 amide bonds. The fourth-order valence-corrected chi connectivity index (χ4v) is 3.74. The maximum Gasteiger partial charge on any atom is 0.254 e. The molecule has 0 bridgehead atoms. The Hall–Kier alpha value is -3.12. The molecule has 0 spiro atoms. The van der Waals surface area contributed by atoms with Crippen LogP contribution in [0.4, 0.5) is 0 Å². The minimum atomic E-state index is 0.0636. The molecular formula is C22H21N3O3. The van der Waals surface area contributed by atoms with E-state index in [2.05, 4.69) is 11.9 Å². The van der Waals surface area contributed by atoms with Crippen molar-refractivity contribution in [3.63, 3.8) is 0 Å². The molecule has 0 atom stereocenters. The lowest BCUT2D eigenvalue weighted by Crippen LogP contribution is -2.47. The largest absolute Gasteiger partial charge is 0.454 e. The number of amides is 1. The summed E-state index contributed by atoms with van der Waals surface area (Å²) in [5.41, 5.74) is 3.18. The summed E-state index contributed by atoms with van der Waals surface area (Å²) in [4.78, 5) is 22.3. The number of para-hydroxylation sites is 1. The lowest BCUT2D eigenvalue weighted by Gasteiger charge is -2.32. The van der Waals surface area contributed by atoms with Crippen molar-refractivity contribution in [3.05, 3.63) is 54.1 Å². The van der Waals surface area contributed by atoms with Gasteiger partial charge in [-0.05, 0) is 37.4 Å². The molecule has 2 aliphatic heterocycles. The maximum absolute atomic E-state index is 13.3. The Labute approximate surface area is 163 Å². The molecule has 1 fully saturated rings. The minimum Gasteiger partial charge on any atom is -0.454 e. The van der Waals surface area contributed by atoms with Gasteiger partial charge in [0.05, 0.1) is 16.8 Å². The molecule has 3 aromatic rings. The summed E-state index contributed by atoms with van der Waals surface area (Å²) >= 11 is 0. The third-order valence-corrected chi connectivity index (χ3v) is 5.41. The summed E-state index contributed by atoms with van der Waals surface area (Å²) in [7, 11) is 2.08. The Morgan fingerprint density at radius 2 is 1.75 bits per heavy atom. The van der Waals surface area contributed by atoms with E-state index in [9.17, 15) is 4.79 Å². The second kappa shape index (κ2) is 6.80. The Balaban J connectivity index is 1.59. The van der Waals surface area contributed by atoms with Crippen LogP contribution in [0.5, 0.6) is 11.5 Å². The maximum atomic E-state index is 13.3. The standard InChI is InChI=1S/C22H21N3O3/c1-24-8-10-25(11-9-24)22(26)17-13-19(23-18-5-3-2-4-16(17)18)15-6-7-20-21(12-15)28-14-27-20/h2-7,12-13H,8-11,14H2,1H3. The summed E-state index contributed by atoms with van der Waals surface area (Å²) < 4.78 is 10.9. The average molecular weight is 375 g/mol. The molecule has 0 N–H and O–H groups in total. The number of likely N-dealkylation sites (N-methyl/N-ethyl adjacent to an activating group) is 1. The van der Waals surface area contributed by atoms with Gasteiger partial charge in [0.1, 0.15) is 0 Å². The first-order chi connectivity index (χ1) is 13.7. The molecule has 0 radical (unpaired) electrons. The van der Waals surface area contributed by atoms with Gasteiger partial charge in [0.2, 0.25) is 6.79 Å². The van der Waals surface area contributed by atoms with E-state index >= 15 is 0 Å². The lowest BCUT2D eigenvalue weighted by molar-refractivity contribution is 0.0666. The van der Waals surface area contributed by atoms with Gasteiger partial charge >= 0.3 is 0 Å². The van der Waals surface area contributed by atoms with Gasteiger partial charge in [-0.2, -0.15) is 0 Å². The summed E-state index contributed by atoms with van der Waals surface area (Å²) in [5.74, 6) is 1.51. The smallest absolute Gasteiger partial charge is 0.254 e. The molecule has 28 heavy (non-hydrogen) atoms. The Morgan fingerprint density at radius 1 is 0.964 bits per heavy atom. The normalized spacial score (nSPS) is 16.5. The summed E-state index contributed by atoms with van der Waals surface area (Å²) in [6, 6.07) is 15.5. The van der Waals surface area contributed by atoms with Crippen molar-refractivity contribution in [2.24, 2.45) is 0 Å². The van der Waals surface area contributed by atoms with Crippen LogP contribution in [0.1, 0.15) is 10.4 Å². The number of hydrogen-bond donors (Lipinski definition) is 0. The van der Waals surface area contributed by atoms with Crippen LogP contribution in [-0.4, -0.2) is 60.7 Å². The fourth-order valence-electron chi connectivity index (χ4n) is 3.74. The zero-order chi connectivity index (χ0) is 19.1. The molecular weight excluding hydrogens is 354 g/mol. The molecule has 3 heterocycles. The van der Waals surface area contributed by atoms with Crippen LogP contribution in [0.2, 0.25) is 0 Å². The SMILES string of the molecule is CN1CCN(C(=O)c2cc(-c3ccc4c(c3)OCO4)nc3ccccc23)CC1. The molecule has 6 nitrogen and oxygen atoms in total. The number of aromatic nitrogens is 1. The van der Waals surface area contributed by atoms with Crippen molar-refractivity contribution in [2.75, 3.05) is 40.0 Å². The number of carbonyl (C=O) groups is 1. The Morgan fingerprint density at radius 3 is 2.61 bits per heavy atom. The van der Waals surface area contributed by atoms with Crippen LogP contribution in [0.3, 0.4) is 0 Å². The molecule has 2 aromatic carbocycles. The van der Waals surface area contributed by atoms with Gasteiger partial charge in [-0.3, -0.25) is 4.79 Å². The highest BCUT2D eigenvalue weighted by molar-refractivity contribution is 6.07. The second-order valence-corrected chi connectivity index (χ2v) is 7.24. The Bertz CT molecular complexity index is 1060. The van der Waals surface area contributed by atoms with Crippen LogP contribution in [0.15, 0.2) is 48.5 Å². The Kier molecular flexibility index (Phi) is 4.13. The first-order valence-electron chi connectivity index (χ1n) is 9.47. The van der Waals surface area contributed by atoms with E-state index in [-0.39, 0.29) is 12.7 Å². The molecule has 6 heteroatoms. The molecule has 1 aromatic heterocycles. The predicted molar refractivity (Wildman–Crippen MR) is 107 cm³/mol. The van der Waals surface area contributed by atoms with E-state index in [4.69, 9.17) is 14.5 Å². The van der Waals surface area contributed by atoms with E-state index in [0.29, 0.717) is 11.3 Å². The average Bonchev–Trinajstić information content (AvgIpc) is 3.21. The monoisotopic (exact) mass is 375 g/mol. The zero-order valence-corrected chi connectivity index (χ0v) is 15.7. The predicted octanol–water partition coefficient (Wildman–Crippen LogP) is 3.02. The summed E-state index contributed by atoms with van der Waals surface area (Å²) in [6.45, 7) is 3.50. The van der Waals surface area contributed by atoms with Crippen LogP contribution in [0, 0.1) is 0 Å². The van der Waals surface area contributed by atoms with Gasteiger partial charge in [-0.1, -0.05) is 18.2 Å². The van der Waals surface area contributed by atoms with E-state index in [1.165, 1.54) is 0 Å². The first-order valence-corrected chi connectivity index (χ1v) is 9.47. The first kappa shape index (κ1) is 17.0. The molecule has 142 valence electrons. The summed E-state index contributed by atoms with van der Waals surface area (Å²) in [5, 5.41) is 0.885. The number of pyridine rings is 1. The van der Waals surface area contributed by atoms with E-state index in [1.807, 2.05) is 53.4 Å². The number of hydrogen-bond acceptors (Lipinski definition) is 5. The molecule has 0 aliphatic carbocycles. The quantitative estimate of drug-likeness (QED) is 0.689. The molecule has 5 rings (SSSR count). The third-order valence-electron chi connectivity index (χ3n) is 5.41. The minimum absolute atomic E-state index is 0.0636. The van der Waals surface area contributed by atoms with E-state index in [0.717, 1.165) is 54.1 Å². The van der Waals surface area contributed by atoms with Crippen molar-refractivity contribution in [1.82, 2.24) is 14.8 Å². The number of ether oxygens (including phenoxy) is 2. The molecule has 1 saturated heterocycles. The van der Waals surface area contributed by atoms with Gasteiger partial charge in [-0.25, -0.2) is 4.98 Å². The van der Waals surface area contributed by atoms with Crippen LogP contribution in [-0.2, 0) is 0 Å². The highest BCUT2D eigenvalue weighted by Gasteiger charge is 2.23. The second-order valence-electron chi connectivity index (χ2n) is 7.24. The third kappa shape index (κ3) is 2.96. The number of rotatable bonds is 2. The van der Waals surface area contributed by atoms with Crippen LogP contribution < -0.4 is 9.47 Å². The van der Waals surface area contributed by atoms with Gasteiger partial charge in [0.15, 0.2) is 11.5 Å². The van der Waals surface area contributed by atoms with Crippen LogP contribution in [0.25, 0.3) is 22.2 Å². The molecule has 0 unspecified atom stereocenters. The van der Waals surface area contributed by atoms with Gasteiger partial charge in [0, 0.05) is 37.1 Å². The molecule has 2 aliphatic rings. The van der Waals surface area contributed by atoms with Gasteiger partial charge < -0.3 is 19.3 Å². The summed E-state index contributed by atoms with van der Waals surface area (Å²) in [6.07, 6.45) is 0. The lowest BCUT2D eigenvalue weighted by atomic mass is 10.0. The van der Waals surface area contributed by atoms with Crippen molar-refractivity contribution < 1.29 is 14.3 Å². The number of benzene rings is 2. The van der Waals surface area contributed by atoms with E-state index < -0.39 is 0 Å². The van der Waals surface area contributed by atoms with Gasteiger partial charge in [-0.15, -0.1) is 0 Å². The number of fused-ring (bicyclic) bond motifs is 2. The number of piperazine rings is 1. The highest BCUT2D eigenvalue weighted by atomic mass is 16.7.